The van der Waals surface area contributed by atoms with E-state index in [2.05, 4.69) is 50.0 Å². The number of pyridine rings is 1. The first-order valence-electron chi connectivity index (χ1n) is 9.38. The number of likely N-dealkylation sites (tertiary alicyclic amines) is 1. The average Bonchev–Trinajstić information content (AvgIpc) is 3.33. The standard InChI is InChI=1S/C16H18N4O.C6H4/c1-2-13-16(19-14-7-6-8-17-15(14)18-13)21-12-11-20-9-4-3-5-10-20;1-2-5-4-6(5)3-1/h1,6-8H,3-5,9-12H2;1-4H. The summed E-state index contributed by atoms with van der Waals surface area (Å²) < 4.78 is 5.75. The number of fused-ring (bicyclic) bond motifs is 2. The molecule has 1 fully saturated rings. The van der Waals surface area contributed by atoms with Crippen molar-refractivity contribution in [1.82, 2.24) is 19.9 Å². The summed E-state index contributed by atoms with van der Waals surface area (Å²) in [5.41, 5.74) is 4.52. The van der Waals surface area contributed by atoms with Crippen LogP contribution >= 0.6 is 0 Å². The highest BCUT2D eigenvalue weighted by molar-refractivity contribution is 5.80. The molecule has 2 aromatic rings. The zero-order valence-electron chi connectivity index (χ0n) is 15.3. The Morgan fingerprint density at radius 2 is 1.85 bits per heavy atom. The summed E-state index contributed by atoms with van der Waals surface area (Å²) >= 11 is 0. The molecule has 136 valence electrons. The zero-order chi connectivity index (χ0) is 18.5. The molecule has 27 heavy (non-hydrogen) atoms. The lowest BCUT2D eigenvalue weighted by atomic mass is 10.1. The Labute approximate surface area is 159 Å². The molecule has 2 aliphatic carbocycles. The fraction of sp³-hybridized carbons (Fsp3) is 0.318. The Bertz CT molecular complexity index is 956. The molecule has 5 heteroatoms. The third-order valence-corrected chi connectivity index (χ3v) is 4.75. The zero-order valence-corrected chi connectivity index (χ0v) is 15.3. The molecule has 0 unspecified atom stereocenters. The van der Waals surface area contributed by atoms with Gasteiger partial charge in [-0.15, -0.1) is 6.42 Å². The molecular formula is C22H22N4O. The van der Waals surface area contributed by atoms with Crippen LogP contribution in [0.5, 0.6) is 5.88 Å². The molecule has 3 aliphatic rings. The Morgan fingerprint density at radius 1 is 1.04 bits per heavy atom. The maximum absolute atomic E-state index is 5.75. The molecule has 0 saturated carbocycles. The van der Waals surface area contributed by atoms with Gasteiger partial charge in [0.05, 0.1) is 0 Å². The Morgan fingerprint density at radius 3 is 2.52 bits per heavy atom. The Balaban J connectivity index is 0.000000250. The van der Waals surface area contributed by atoms with Crippen molar-refractivity contribution >= 4 is 11.2 Å². The van der Waals surface area contributed by atoms with Crippen molar-refractivity contribution in [3.63, 3.8) is 0 Å². The molecule has 0 bridgehead atoms. The molecule has 1 saturated heterocycles. The molecule has 0 aromatic carbocycles. The fourth-order valence-corrected chi connectivity index (χ4v) is 3.20. The van der Waals surface area contributed by atoms with E-state index in [1.165, 1.54) is 30.4 Å². The normalized spacial score (nSPS) is 14.8. The second-order valence-electron chi connectivity index (χ2n) is 6.70. The number of terminal acetylenes is 1. The lowest BCUT2D eigenvalue weighted by molar-refractivity contribution is 0.180. The van der Waals surface area contributed by atoms with Gasteiger partial charge in [0.2, 0.25) is 5.88 Å². The van der Waals surface area contributed by atoms with Crippen molar-refractivity contribution in [2.45, 2.75) is 19.3 Å². The van der Waals surface area contributed by atoms with Crippen LogP contribution in [0.3, 0.4) is 0 Å². The largest absolute Gasteiger partial charge is 0.474 e. The van der Waals surface area contributed by atoms with Gasteiger partial charge in [0, 0.05) is 12.7 Å². The summed E-state index contributed by atoms with van der Waals surface area (Å²) in [6, 6.07) is 12.2. The lowest BCUT2D eigenvalue weighted by Crippen LogP contribution is -2.33. The highest BCUT2D eigenvalue weighted by Crippen LogP contribution is 2.32. The molecule has 2 aromatic heterocycles. The molecule has 0 amide bonds. The van der Waals surface area contributed by atoms with Crippen LogP contribution in [0.25, 0.3) is 22.3 Å². The number of piperidine rings is 1. The molecule has 3 heterocycles. The van der Waals surface area contributed by atoms with Crippen LogP contribution < -0.4 is 4.74 Å². The van der Waals surface area contributed by atoms with Crippen molar-refractivity contribution < 1.29 is 4.74 Å². The van der Waals surface area contributed by atoms with Gasteiger partial charge in [0.15, 0.2) is 11.3 Å². The Kier molecular flexibility index (Phi) is 5.27. The minimum absolute atomic E-state index is 0.417. The van der Waals surface area contributed by atoms with Crippen LogP contribution in [-0.4, -0.2) is 46.1 Å². The van der Waals surface area contributed by atoms with Gasteiger partial charge in [0.1, 0.15) is 12.1 Å². The van der Waals surface area contributed by atoms with Crippen LogP contribution in [0.15, 0.2) is 42.6 Å². The predicted molar refractivity (Wildman–Crippen MR) is 106 cm³/mol. The third-order valence-electron chi connectivity index (χ3n) is 4.75. The van der Waals surface area contributed by atoms with Crippen LogP contribution in [0, 0.1) is 12.3 Å². The summed E-state index contributed by atoms with van der Waals surface area (Å²) in [5.74, 6) is 2.95. The van der Waals surface area contributed by atoms with Gasteiger partial charge in [-0.2, -0.15) is 0 Å². The molecular weight excluding hydrogens is 336 g/mol. The lowest BCUT2D eigenvalue weighted by Gasteiger charge is -2.26. The van der Waals surface area contributed by atoms with Crippen molar-refractivity contribution in [2.75, 3.05) is 26.2 Å². The van der Waals surface area contributed by atoms with E-state index in [4.69, 9.17) is 11.2 Å². The van der Waals surface area contributed by atoms with Crippen LogP contribution in [0.2, 0.25) is 0 Å². The minimum Gasteiger partial charge on any atom is -0.474 e. The van der Waals surface area contributed by atoms with E-state index < -0.39 is 0 Å². The monoisotopic (exact) mass is 358 g/mol. The van der Waals surface area contributed by atoms with E-state index in [1.807, 2.05) is 12.1 Å². The van der Waals surface area contributed by atoms with E-state index in [0.717, 1.165) is 19.6 Å². The van der Waals surface area contributed by atoms with Crippen LogP contribution in [0.1, 0.15) is 25.0 Å². The van der Waals surface area contributed by atoms with Crippen molar-refractivity contribution in [3.05, 3.63) is 48.3 Å². The smallest absolute Gasteiger partial charge is 0.249 e. The van der Waals surface area contributed by atoms with E-state index in [1.54, 1.807) is 6.20 Å². The summed E-state index contributed by atoms with van der Waals surface area (Å²) in [7, 11) is 0. The van der Waals surface area contributed by atoms with E-state index >= 15 is 0 Å². The minimum atomic E-state index is 0.417. The van der Waals surface area contributed by atoms with Crippen molar-refractivity contribution in [3.8, 4) is 29.4 Å². The summed E-state index contributed by atoms with van der Waals surface area (Å²) in [6.45, 7) is 3.78. The van der Waals surface area contributed by atoms with E-state index in [0.29, 0.717) is 29.3 Å². The molecule has 0 radical (unpaired) electrons. The highest BCUT2D eigenvalue weighted by Gasteiger charge is 2.12. The van der Waals surface area contributed by atoms with Gasteiger partial charge in [-0.25, -0.2) is 15.0 Å². The topological polar surface area (TPSA) is 51.1 Å². The molecule has 1 aliphatic heterocycles. The number of benzene rings is 1. The van der Waals surface area contributed by atoms with E-state index in [9.17, 15) is 0 Å². The molecule has 5 rings (SSSR count). The third kappa shape index (κ3) is 4.42. The number of hydrogen-bond donors (Lipinski definition) is 0. The first kappa shape index (κ1) is 17.4. The second kappa shape index (κ2) is 8.15. The maximum Gasteiger partial charge on any atom is 0.249 e. The average molecular weight is 358 g/mol. The highest BCUT2D eigenvalue weighted by atomic mass is 16.5. The summed E-state index contributed by atoms with van der Waals surface area (Å²) in [6.07, 6.45) is 11.0. The van der Waals surface area contributed by atoms with E-state index in [-0.39, 0.29) is 0 Å². The maximum atomic E-state index is 5.75. The molecule has 0 atom stereocenters. The van der Waals surface area contributed by atoms with Crippen molar-refractivity contribution in [2.24, 2.45) is 0 Å². The first-order valence-corrected chi connectivity index (χ1v) is 9.38. The Hall–Kier alpha value is -2.97. The van der Waals surface area contributed by atoms with Gasteiger partial charge >= 0.3 is 0 Å². The summed E-state index contributed by atoms with van der Waals surface area (Å²) in [4.78, 5) is 15.3. The van der Waals surface area contributed by atoms with Gasteiger partial charge in [-0.05, 0) is 61.2 Å². The van der Waals surface area contributed by atoms with Crippen molar-refractivity contribution in [1.29, 1.82) is 0 Å². The fourth-order valence-electron chi connectivity index (χ4n) is 3.20. The van der Waals surface area contributed by atoms with Gasteiger partial charge in [-0.1, -0.05) is 24.6 Å². The first-order chi connectivity index (χ1) is 13.3. The number of hydrogen-bond acceptors (Lipinski definition) is 5. The number of aromatic nitrogens is 3. The van der Waals surface area contributed by atoms with Gasteiger partial charge in [0.25, 0.3) is 0 Å². The number of rotatable bonds is 4. The number of nitrogens with zero attached hydrogens (tertiary/aromatic N) is 4. The van der Waals surface area contributed by atoms with Gasteiger partial charge < -0.3 is 4.74 Å². The quantitative estimate of drug-likeness (QED) is 0.522. The molecule has 0 N–H and O–H groups in total. The number of ether oxygens (including phenoxy) is 1. The van der Waals surface area contributed by atoms with Crippen LogP contribution in [-0.2, 0) is 0 Å². The second-order valence-corrected chi connectivity index (χ2v) is 6.70. The SMILES string of the molecule is C#Cc1nc2ncccc2nc1OCCN1CCCCC1.c1cc2cc-2c1. The van der Waals surface area contributed by atoms with Crippen LogP contribution in [0.4, 0.5) is 0 Å². The summed E-state index contributed by atoms with van der Waals surface area (Å²) in [5, 5.41) is 0. The predicted octanol–water partition coefficient (Wildman–Crippen LogP) is 3.54. The molecule has 0 spiro atoms. The van der Waals surface area contributed by atoms with Gasteiger partial charge in [-0.3, -0.25) is 4.90 Å². The molecule has 5 nitrogen and oxygen atoms in total.